The average molecular weight is 244 g/mol. The summed E-state index contributed by atoms with van der Waals surface area (Å²) >= 11 is 6.14. The van der Waals surface area contributed by atoms with E-state index in [0.29, 0.717) is 0 Å². The van der Waals surface area contributed by atoms with Gasteiger partial charge in [-0.2, -0.15) is 0 Å². The first-order valence-corrected chi connectivity index (χ1v) is 5.57. The van der Waals surface area contributed by atoms with Crippen molar-refractivity contribution in [2.24, 2.45) is 0 Å². The minimum atomic E-state index is -0.250. The fraction of sp³-hybridized carbons (Fsp3) is 0.417. The number of aryl methyl sites for hydroxylation is 1. The van der Waals surface area contributed by atoms with Gasteiger partial charge >= 0.3 is 0 Å². The van der Waals surface area contributed by atoms with E-state index in [1.54, 1.807) is 0 Å². The second-order valence-corrected chi connectivity index (χ2v) is 3.64. The van der Waals surface area contributed by atoms with Crippen molar-refractivity contribution in [2.75, 3.05) is 18.0 Å². The Hall–Kier alpha value is -1.22. The summed E-state index contributed by atoms with van der Waals surface area (Å²) in [7, 11) is 0. The van der Waals surface area contributed by atoms with E-state index in [1.165, 1.54) is 5.56 Å². The Morgan fingerprint density at radius 1 is 1.38 bits per heavy atom. The average Bonchev–Trinajstić information content (AvgIpc) is 2.24. The molecule has 0 aliphatic carbocycles. The van der Waals surface area contributed by atoms with Gasteiger partial charge in [0.1, 0.15) is 0 Å². The van der Waals surface area contributed by atoms with Gasteiger partial charge in [0.25, 0.3) is 6.47 Å². The summed E-state index contributed by atoms with van der Waals surface area (Å²) in [5, 5.41) is 7.74. The first-order valence-electron chi connectivity index (χ1n) is 5.19. The van der Waals surface area contributed by atoms with E-state index in [1.807, 2.05) is 6.07 Å². The zero-order valence-corrected chi connectivity index (χ0v) is 10.7. The van der Waals surface area contributed by atoms with Gasteiger partial charge in [0, 0.05) is 13.1 Å². The van der Waals surface area contributed by atoms with Crippen molar-refractivity contribution in [2.45, 2.75) is 20.8 Å². The molecule has 0 saturated carbocycles. The topological polar surface area (TPSA) is 40.5 Å². The zero-order valence-electron chi connectivity index (χ0n) is 9.90. The maximum Gasteiger partial charge on any atom is 0.290 e. The summed E-state index contributed by atoms with van der Waals surface area (Å²) < 4.78 is 0. The lowest BCUT2D eigenvalue weighted by atomic mass is 10.2. The molecule has 0 aliphatic rings. The SMILES string of the molecule is CCN(CC)c1ccc(C)cc1Cl.O=CO. The molecule has 1 aromatic rings. The molecule has 0 radical (unpaired) electrons. The third-order valence-electron chi connectivity index (χ3n) is 2.21. The van der Waals surface area contributed by atoms with E-state index in [2.05, 4.69) is 37.8 Å². The predicted octanol–water partition coefficient (Wildman–Crippen LogP) is 3.20. The van der Waals surface area contributed by atoms with Gasteiger partial charge in [-0.15, -0.1) is 0 Å². The number of nitrogens with zero attached hydrogens (tertiary/aromatic N) is 1. The lowest BCUT2D eigenvalue weighted by Crippen LogP contribution is -2.22. The fourth-order valence-corrected chi connectivity index (χ4v) is 1.79. The van der Waals surface area contributed by atoms with Gasteiger partial charge in [-0.05, 0) is 38.5 Å². The molecule has 0 fully saturated rings. The van der Waals surface area contributed by atoms with Crippen LogP contribution in [-0.4, -0.2) is 24.7 Å². The van der Waals surface area contributed by atoms with Gasteiger partial charge in [0.2, 0.25) is 0 Å². The molecule has 0 bridgehead atoms. The smallest absolute Gasteiger partial charge is 0.290 e. The zero-order chi connectivity index (χ0) is 12.6. The number of rotatable bonds is 3. The molecule has 0 unspecified atom stereocenters. The molecule has 0 saturated heterocycles. The highest BCUT2D eigenvalue weighted by Crippen LogP contribution is 2.26. The van der Waals surface area contributed by atoms with Crippen LogP contribution in [0.3, 0.4) is 0 Å². The summed E-state index contributed by atoms with van der Waals surface area (Å²) in [5.74, 6) is 0. The lowest BCUT2D eigenvalue weighted by molar-refractivity contribution is -0.122. The third-order valence-corrected chi connectivity index (χ3v) is 2.51. The fourth-order valence-electron chi connectivity index (χ4n) is 1.43. The van der Waals surface area contributed by atoms with Gasteiger partial charge < -0.3 is 10.0 Å². The molecule has 4 heteroatoms. The summed E-state index contributed by atoms with van der Waals surface area (Å²) in [6, 6.07) is 6.19. The Balaban J connectivity index is 0.000000673. The molecule has 0 aromatic heterocycles. The summed E-state index contributed by atoms with van der Waals surface area (Å²) in [6.07, 6.45) is 0. The Morgan fingerprint density at radius 2 is 1.88 bits per heavy atom. The van der Waals surface area contributed by atoms with Crippen LogP contribution in [0.5, 0.6) is 0 Å². The molecule has 0 amide bonds. The van der Waals surface area contributed by atoms with Gasteiger partial charge in [-0.3, -0.25) is 4.79 Å². The third kappa shape index (κ3) is 4.53. The maximum absolute atomic E-state index is 8.36. The molecule has 16 heavy (non-hydrogen) atoms. The Labute approximate surface area is 102 Å². The Morgan fingerprint density at radius 3 is 2.25 bits per heavy atom. The molecule has 0 aliphatic heterocycles. The van der Waals surface area contributed by atoms with Gasteiger partial charge in [-0.1, -0.05) is 17.7 Å². The van der Waals surface area contributed by atoms with Gasteiger partial charge in [-0.25, -0.2) is 0 Å². The van der Waals surface area contributed by atoms with E-state index < -0.39 is 0 Å². The van der Waals surface area contributed by atoms with Crippen LogP contribution in [0, 0.1) is 6.92 Å². The number of halogens is 1. The normalized spacial score (nSPS) is 9.00. The van der Waals surface area contributed by atoms with Crippen molar-refractivity contribution in [3.8, 4) is 0 Å². The second kappa shape index (κ2) is 7.99. The van der Waals surface area contributed by atoms with Crippen LogP contribution in [0.25, 0.3) is 0 Å². The van der Waals surface area contributed by atoms with E-state index >= 15 is 0 Å². The maximum atomic E-state index is 8.36. The van der Waals surface area contributed by atoms with Crippen LogP contribution in [-0.2, 0) is 4.79 Å². The summed E-state index contributed by atoms with van der Waals surface area (Å²) in [5.41, 5.74) is 2.35. The Kier molecular flexibility index (Phi) is 7.38. The second-order valence-electron chi connectivity index (χ2n) is 3.23. The Bertz CT molecular complexity index is 325. The molecule has 1 N–H and O–H groups in total. The quantitative estimate of drug-likeness (QED) is 0.829. The van der Waals surface area contributed by atoms with Crippen LogP contribution in [0.1, 0.15) is 19.4 Å². The van der Waals surface area contributed by atoms with E-state index in [4.69, 9.17) is 21.5 Å². The van der Waals surface area contributed by atoms with Crippen molar-refractivity contribution in [1.29, 1.82) is 0 Å². The molecule has 3 nitrogen and oxygen atoms in total. The molecule has 0 spiro atoms. The van der Waals surface area contributed by atoms with Crippen molar-refractivity contribution < 1.29 is 9.90 Å². The minimum absolute atomic E-state index is 0.250. The number of carbonyl (C=O) groups is 1. The largest absolute Gasteiger partial charge is 0.483 e. The lowest BCUT2D eigenvalue weighted by Gasteiger charge is -2.22. The highest BCUT2D eigenvalue weighted by atomic mass is 35.5. The van der Waals surface area contributed by atoms with Gasteiger partial charge in [0.05, 0.1) is 10.7 Å². The summed E-state index contributed by atoms with van der Waals surface area (Å²) in [6.45, 7) is 8.08. The minimum Gasteiger partial charge on any atom is -0.483 e. The van der Waals surface area contributed by atoms with Crippen LogP contribution < -0.4 is 4.90 Å². The van der Waals surface area contributed by atoms with E-state index in [-0.39, 0.29) is 6.47 Å². The molecular weight excluding hydrogens is 226 g/mol. The first kappa shape index (κ1) is 14.8. The number of anilines is 1. The van der Waals surface area contributed by atoms with Crippen LogP contribution in [0.15, 0.2) is 18.2 Å². The van der Waals surface area contributed by atoms with Crippen molar-refractivity contribution in [3.05, 3.63) is 28.8 Å². The summed E-state index contributed by atoms with van der Waals surface area (Å²) in [4.78, 5) is 10.6. The number of hydrogen-bond donors (Lipinski definition) is 1. The van der Waals surface area contributed by atoms with Crippen LogP contribution >= 0.6 is 11.6 Å². The highest BCUT2D eigenvalue weighted by molar-refractivity contribution is 6.33. The predicted molar refractivity (Wildman–Crippen MR) is 68.4 cm³/mol. The molecule has 0 atom stereocenters. The molecule has 0 heterocycles. The number of hydrogen-bond acceptors (Lipinski definition) is 2. The van der Waals surface area contributed by atoms with Crippen molar-refractivity contribution in [3.63, 3.8) is 0 Å². The standard InChI is InChI=1S/C11H16ClN.CH2O2/c1-4-13(5-2)11-7-6-9(3)8-10(11)12;2-1-3/h6-8H,4-5H2,1-3H3;1H,(H,2,3). The number of carboxylic acid groups (broad SMARTS) is 1. The van der Waals surface area contributed by atoms with Gasteiger partial charge in [0.15, 0.2) is 0 Å². The molecule has 90 valence electrons. The molecule has 1 rings (SSSR count). The highest BCUT2D eigenvalue weighted by Gasteiger charge is 2.05. The monoisotopic (exact) mass is 243 g/mol. The molecular formula is C12H18ClNO2. The van der Waals surface area contributed by atoms with Crippen LogP contribution in [0.4, 0.5) is 5.69 Å². The van der Waals surface area contributed by atoms with Crippen LogP contribution in [0.2, 0.25) is 5.02 Å². The van der Waals surface area contributed by atoms with Crippen molar-refractivity contribution >= 4 is 23.8 Å². The van der Waals surface area contributed by atoms with E-state index in [0.717, 1.165) is 23.8 Å². The van der Waals surface area contributed by atoms with E-state index in [9.17, 15) is 0 Å². The number of benzene rings is 1. The first-order chi connectivity index (χ1) is 7.60. The van der Waals surface area contributed by atoms with Crippen molar-refractivity contribution in [1.82, 2.24) is 0 Å². The molecule has 1 aromatic carbocycles.